The van der Waals surface area contributed by atoms with Gasteiger partial charge in [-0.15, -0.1) is 0 Å². The largest absolute Gasteiger partial charge is 0.394 e. The summed E-state index contributed by atoms with van der Waals surface area (Å²) in [4.78, 5) is 0. The maximum atomic E-state index is 10.5. The van der Waals surface area contributed by atoms with Gasteiger partial charge in [-0.2, -0.15) is 0 Å². The van der Waals surface area contributed by atoms with Crippen LogP contribution >= 0.6 is 12.2 Å². The van der Waals surface area contributed by atoms with Crippen LogP contribution in [-0.4, -0.2) is 217 Å². The molecule has 3 aliphatic heterocycles. The standard InChI is InChI=1S/C25H47N3O18S/c26-1-2-27-24(47)28-25(6-41-21-18(38)15(35)12(32)9(3-29)44-21,7-42-22-19(39)16(36)13(33)10(4-30)45-22)8-43-23-20(40)17(37)14(34)11(5-31)46-23/h9-23,29-40H,1-8,26H2,(H2,27,28,47)/t9-,10-,11-,12-,13-,14-,15+,16+,17+,18+,19+,20+,21+,22+,23+/m1/s1. The molecule has 21 nitrogen and oxygen atoms in total. The Balaban J connectivity index is 1.92. The first-order valence-corrected chi connectivity index (χ1v) is 15.2. The predicted octanol–water partition coefficient (Wildman–Crippen LogP) is -9.40. The first-order chi connectivity index (χ1) is 22.2. The van der Waals surface area contributed by atoms with Crippen LogP contribution in [0.4, 0.5) is 0 Å². The van der Waals surface area contributed by atoms with Gasteiger partial charge in [0.25, 0.3) is 0 Å². The summed E-state index contributed by atoms with van der Waals surface area (Å²) in [6, 6.07) is 0. The van der Waals surface area contributed by atoms with Gasteiger partial charge in [-0.1, -0.05) is 0 Å². The summed E-state index contributed by atoms with van der Waals surface area (Å²) in [6.45, 7) is -3.96. The highest BCUT2D eigenvalue weighted by molar-refractivity contribution is 7.80. The minimum Gasteiger partial charge on any atom is -0.394 e. The lowest BCUT2D eigenvalue weighted by molar-refractivity contribution is -0.323. The molecule has 0 bridgehead atoms. The first kappa shape index (κ1) is 40.4. The van der Waals surface area contributed by atoms with Crippen molar-refractivity contribution in [2.45, 2.75) is 97.7 Å². The van der Waals surface area contributed by atoms with E-state index in [1.165, 1.54) is 0 Å². The average molecular weight is 710 g/mol. The molecule has 0 unspecified atom stereocenters. The fraction of sp³-hybridized carbons (Fsp3) is 0.960. The van der Waals surface area contributed by atoms with Crippen LogP contribution in [0.3, 0.4) is 0 Å². The van der Waals surface area contributed by atoms with Gasteiger partial charge in [-0.3, -0.25) is 0 Å². The fourth-order valence-electron chi connectivity index (χ4n) is 5.04. The topological polar surface area (TPSA) is 348 Å². The van der Waals surface area contributed by atoms with Crippen LogP contribution in [0.25, 0.3) is 0 Å². The van der Waals surface area contributed by atoms with E-state index in [9.17, 15) is 61.3 Å². The van der Waals surface area contributed by atoms with Crippen LogP contribution < -0.4 is 16.4 Å². The van der Waals surface area contributed by atoms with Crippen molar-refractivity contribution in [3.05, 3.63) is 0 Å². The van der Waals surface area contributed by atoms with E-state index in [0.717, 1.165) is 0 Å². The molecule has 0 aromatic heterocycles. The molecule has 3 heterocycles. The van der Waals surface area contributed by atoms with Crippen LogP contribution in [0.5, 0.6) is 0 Å². The molecule has 22 heteroatoms. The van der Waals surface area contributed by atoms with Gasteiger partial charge in [0.1, 0.15) is 78.8 Å². The molecule has 3 rings (SSSR count). The van der Waals surface area contributed by atoms with E-state index in [-0.39, 0.29) is 18.2 Å². The Morgan fingerprint density at radius 1 is 0.574 bits per heavy atom. The zero-order valence-electron chi connectivity index (χ0n) is 25.1. The van der Waals surface area contributed by atoms with Crippen molar-refractivity contribution in [2.75, 3.05) is 52.7 Å². The number of nitrogens with one attached hydrogen (secondary N) is 2. The fourth-order valence-corrected chi connectivity index (χ4v) is 5.36. The highest BCUT2D eigenvalue weighted by Crippen LogP contribution is 2.27. The van der Waals surface area contributed by atoms with Gasteiger partial charge in [-0.25, -0.2) is 0 Å². The Morgan fingerprint density at radius 2 is 0.894 bits per heavy atom. The predicted molar refractivity (Wildman–Crippen MR) is 155 cm³/mol. The van der Waals surface area contributed by atoms with Gasteiger partial charge in [0.05, 0.1) is 39.6 Å². The van der Waals surface area contributed by atoms with E-state index >= 15 is 0 Å². The zero-order chi connectivity index (χ0) is 35.1. The van der Waals surface area contributed by atoms with Crippen molar-refractivity contribution in [1.29, 1.82) is 0 Å². The van der Waals surface area contributed by atoms with Gasteiger partial charge in [-0.05, 0) is 12.2 Å². The van der Waals surface area contributed by atoms with Crippen molar-refractivity contribution in [3.63, 3.8) is 0 Å². The second kappa shape index (κ2) is 18.2. The average Bonchev–Trinajstić information content (AvgIpc) is 3.06. The lowest BCUT2D eigenvalue weighted by atomic mass is 9.98. The molecule has 0 amide bonds. The summed E-state index contributed by atoms with van der Waals surface area (Å²) < 4.78 is 33.5. The Labute approximate surface area is 273 Å². The second-order valence-corrected chi connectivity index (χ2v) is 11.9. The van der Waals surface area contributed by atoms with Gasteiger partial charge < -0.3 is 106 Å². The van der Waals surface area contributed by atoms with Crippen molar-refractivity contribution < 1.29 is 89.7 Å². The molecule has 16 N–H and O–H groups in total. The zero-order valence-corrected chi connectivity index (χ0v) is 25.9. The summed E-state index contributed by atoms with van der Waals surface area (Å²) in [7, 11) is 0. The van der Waals surface area contributed by atoms with Gasteiger partial charge in [0, 0.05) is 13.1 Å². The molecular formula is C25H47N3O18S. The molecule has 0 aromatic rings. The molecule has 0 aromatic carbocycles. The van der Waals surface area contributed by atoms with E-state index in [1.807, 2.05) is 0 Å². The highest BCUT2D eigenvalue weighted by Gasteiger charge is 2.49. The quantitative estimate of drug-likeness (QED) is 0.0702. The van der Waals surface area contributed by atoms with E-state index in [2.05, 4.69) is 10.6 Å². The maximum absolute atomic E-state index is 10.5. The SMILES string of the molecule is NCCNC(=S)NC(CO[C@H]1O[C@H](CO)[C@@H](O)[C@H](O)[C@@H]1O)(CO[C@H]1O[C@H](CO)[C@@H](O)[C@H](O)[C@@H]1O)CO[C@H]1O[C@H](CO)[C@@H](O)[C@H](O)[C@@H]1O. The third-order valence-corrected chi connectivity index (χ3v) is 8.17. The molecule has 276 valence electrons. The van der Waals surface area contributed by atoms with Gasteiger partial charge >= 0.3 is 0 Å². The van der Waals surface area contributed by atoms with Crippen molar-refractivity contribution >= 4 is 17.3 Å². The lowest BCUT2D eigenvalue weighted by Crippen LogP contribution is -2.66. The van der Waals surface area contributed by atoms with Crippen LogP contribution in [0.2, 0.25) is 0 Å². The number of aliphatic hydroxyl groups excluding tert-OH is 12. The van der Waals surface area contributed by atoms with Gasteiger partial charge in [0.2, 0.25) is 0 Å². The number of hydrogen-bond acceptors (Lipinski definition) is 20. The van der Waals surface area contributed by atoms with Crippen molar-refractivity contribution in [1.82, 2.24) is 10.6 Å². The van der Waals surface area contributed by atoms with E-state index < -0.39 is 137 Å². The Bertz CT molecular complexity index is 859. The molecule has 3 fully saturated rings. The van der Waals surface area contributed by atoms with Crippen LogP contribution in [0.1, 0.15) is 0 Å². The number of thiocarbonyl (C=S) groups is 1. The maximum Gasteiger partial charge on any atom is 0.186 e. The molecule has 0 saturated carbocycles. The lowest BCUT2D eigenvalue weighted by Gasteiger charge is -2.44. The third kappa shape index (κ3) is 9.80. The Kier molecular flexibility index (Phi) is 15.7. The molecule has 0 aliphatic carbocycles. The smallest absolute Gasteiger partial charge is 0.186 e. The normalized spacial score (nSPS) is 41.4. The molecular weight excluding hydrogens is 662 g/mol. The van der Waals surface area contributed by atoms with Crippen LogP contribution in [0, 0.1) is 0 Å². The van der Waals surface area contributed by atoms with Gasteiger partial charge in [0.15, 0.2) is 24.0 Å². The Hall–Kier alpha value is -1.07. The summed E-state index contributed by atoms with van der Waals surface area (Å²) in [5.41, 5.74) is 3.75. The molecule has 15 atom stereocenters. The second-order valence-electron chi connectivity index (χ2n) is 11.5. The molecule has 47 heavy (non-hydrogen) atoms. The molecule has 3 saturated heterocycles. The van der Waals surface area contributed by atoms with E-state index in [4.69, 9.17) is 46.4 Å². The summed E-state index contributed by atoms with van der Waals surface area (Å²) >= 11 is 5.36. The number of nitrogens with two attached hydrogens (primary N) is 1. The van der Waals surface area contributed by atoms with E-state index in [1.54, 1.807) is 0 Å². The molecule has 3 aliphatic rings. The minimum atomic E-state index is -1.84. The monoisotopic (exact) mass is 709 g/mol. The number of hydrogen-bond donors (Lipinski definition) is 15. The third-order valence-electron chi connectivity index (χ3n) is 7.93. The number of aliphatic hydroxyl groups is 12. The first-order valence-electron chi connectivity index (χ1n) is 14.8. The highest BCUT2D eigenvalue weighted by atomic mass is 32.1. The molecule has 0 radical (unpaired) electrons. The van der Waals surface area contributed by atoms with Crippen molar-refractivity contribution in [2.24, 2.45) is 5.73 Å². The van der Waals surface area contributed by atoms with Crippen LogP contribution in [-0.2, 0) is 28.4 Å². The van der Waals surface area contributed by atoms with Crippen molar-refractivity contribution in [3.8, 4) is 0 Å². The minimum absolute atomic E-state index is 0.0948. The summed E-state index contributed by atoms with van der Waals surface area (Å²) in [6.07, 6.45) is -25.1. The van der Waals surface area contributed by atoms with E-state index in [0.29, 0.717) is 0 Å². The van der Waals surface area contributed by atoms with Crippen LogP contribution in [0.15, 0.2) is 0 Å². The molecule has 0 spiro atoms. The number of rotatable bonds is 15. The summed E-state index contributed by atoms with van der Waals surface area (Å²) in [5.74, 6) is 0. The number of ether oxygens (including phenoxy) is 6. The Morgan fingerprint density at radius 3 is 1.17 bits per heavy atom. The summed E-state index contributed by atoms with van der Waals surface area (Å²) in [5, 5.41) is 127.